The summed E-state index contributed by atoms with van der Waals surface area (Å²) in [6.45, 7) is 1.60. The number of carboxylic acids is 1. The summed E-state index contributed by atoms with van der Waals surface area (Å²) in [4.78, 5) is 29.8. The summed E-state index contributed by atoms with van der Waals surface area (Å²) in [5.41, 5.74) is 0. The molecule has 2 N–H and O–H groups in total. The van der Waals surface area contributed by atoms with Crippen molar-refractivity contribution in [3.63, 3.8) is 0 Å². The number of carbonyl (C=O) groups excluding carboxylic acids is 2. The van der Waals surface area contributed by atoms with Gasteiger partial charge in [-0.15, -0.1) is 0 Å². The van der Waals surface area contributed by atoms with Gasteiger partial charge in [-0.1, -0.05) is 6.92 Å². The van der Waals surface area contributed by atoms with E-state index in [1.165, 1.54) is 0 Å². The Morgan fingerprint density at radius 2 is 1.69 bits per heavy atom. The monoisotopic (exact) mass is 189 g/mol. The van der Waals surface area contributed by atoms with Gasteiger partial charge >= 0.3 is 5.97 Å². The Morgan fingerprint density at radius 1 is 1.38 bits per heavy atom. The Morgan fingerprint density at radius 3 is 1.77 bits per heavy atom. The number of hydrogen-bond acceptors (Lipinski definition) is 4. The molecular weight excluding hydrogens is 178 g/mol. The highest BCUT2D eigenvalue weighted by Crippen LogP contribution is 2.06. The first-order valence-corrected chi connectivity index (χ1v) is 3.75. The quantitative estimate of drug-likeness (QED) is 0.447. The minimum atomic E-state index is -0.745. The Kier molecular flexibility index (Phi) is 4.68. The highest BCUT2D eigenvalue weighted by Gasteiger charge is 2.26. The van der Waals surface area contributed by atoms with Crippen molar-refractivity contribution >= 4 is 17.8 Å². The molecule has 0 saturated carbocycles. The molecule has 1 heterocycles. The summed E-state index contributed by atoms with van der Waals surface area (Å²) in [6.07, 6.45) is 0.519. The predicted molar refractivity (Wildman–Crippen MR) is 40.8 cm³/mol. The lowest BCUT2D eigenvalue weighted by Gasteiger charge is -1.98. The molecule has 6 nitrogen and oxygen atoms in total. The average molecular weight is 189 g/mol. The lowest BCUT2D eigenvalue weighted by molar-refractivity contribution is -0.171. The Hall–Kier alpha value is -1.43. The number of imide groups is 1. The van der Waals surface area contributed by atoms with Crippen LogP contribution in [0.4, 0.5) is 0 Å². The zero-order chi connectivity index (χ0) is 10.4. The van der Waals surface area contributed by atoms with Crippen molar-refractivity contribution in [1.29, 1.82) is 0 Å². The SMILES string of the molecule is CCC(=O)O.O=C1CCC(=O)N1O. The van der Waals surface area contributed by atoms with Gasteiger partial charge in [0.1, 0.15) is 0 Å². The number of hydroxylamine groups is 2. The van der Waals surface area contributed by atoms with Gasteiger partial charge in [-0.3, -0.25) is 19.6 Å². The van der Waals surface area contributed by atoms with Crippen molar-refractivity contribution in [3.8, 4) is 0 Å². The van der Waals surface area contributed by atoms with Crippen LogP contribution in [0.1, 0.15) is 26.2 Å². The van der Waals surface area contributed by atoms with E-state index >= 15 is 0 Å². The number of rotatable bonds is 1. The maximum atomic E-state index is 10.2. The number of carboxylic acid groups (broad SMARTS) is 1. The van der Waals surface area contributed by atoms with Crippen LogP contribution in [-0.2, 0) is 14.4 Å². The molecule has 6 heteroatoms. The highest BCUT2D eigenvalue weighted by atomic mass is 16.5. The lowest BCUT2D eigenvalue weighted by Crippen LogP contribution is -2.24. The first-order chi connectivity index (χ1) is 5.99. The molecule has 0 aromatic rings. The molecule has 0 bridgehead atoms. The number of hydrogen-bond donors (Lipinski definition) is 2. The van der Waals surface area contributed by atoms with E-state index in [0.29, 0.717) is 0 Å². The van der Waals surface area contributed by atoms with Gasteiger partial charge in [0.2, 0.25) is 0 Å². The van der Waals surface area contributed by atoms with E-state index in [0.717, 1.165) is 0 Å². The molecule has 0 aromatic carbocycles. The molecule has 1 aliphatic heterocycles. The normalized spacial score (nSPS) is 15.4. The van der Waals surface area contributed by atoms with Gasteiger partial charge in [-0.2, -0.15) is 5.06 Å². The summed E-state index contributed by atoms with van der Waals surface area (Å²) in [5, 5.41) is 16.3. The molecule has 0 aromatic heterocycles. The minimum Gasteiger partial charge on any atom is -0.481 e. The first kappa shape index (κ1) is 11.6. The van der Waals surface area contributed by atoms with Gasteiger partial charge in [-0.05, 0) is 0 Å². The van der Waals surface area contributed by atoms with Gasteiger partial charge in [0.15, 0.2) is 0 Å². The Labute approximate surface area is 74.7 Å². The first-order valence-electron chi connectivity index (χ1n) is 3.75. The largest absolute Gasteiger partial charge is 0.481 e. The second-order valence-electron chi connectivity index (χ2n) is 2.35. The van der Waals surface area contributed by atoms with E-state index in [2.05, 4.69) is 0 Å². The van der Waals surface area contributed by atoms with Crippen molar-refractivity contribution in [3.05, 3.63) is 0 Å². The standard InChI is InChI=1S/C4H5NO3.C3H6O2/c6-3-1-2-4(7)5(3)8;1-2-3(4)5/h8H,1-2H2;2H2,1H3,(H,4,5). The second-order valence-corrected chi connectivity index (χ2v) is 2.35. The molecule has 1 saturated heterocycles. The van der Waals surface area contributed by atoms with Crippen LogP contribution >= 0.6 is 0 Å². The van der Waals surface area contributed by atoms with Crippen LogP contribution in [0.3, 0.4) is 0 Å². The van der Waals surface area contributed by atoms with Gasteiger partial charge in [0, 0.05) is 19.3 Å². The predicted octanol–water partition coefficient (Wildman–Crippen LogP) is 0.00560. The zero-order valence-electron chi connectivity index (χ0n) is 7.19. The van der Waals surface area contributed by atoms with Crippen molar-refractivity contribution < 1.29 is 24.7 Å². The topological polar surface area (TPSA) is 94.9 Å². The molecular formula is C7H11NO5. The summed E-state index contributed by atoms with van der Waals surface area (Å²) < 4.78 is 0. The van der Waals surface area contributed by atoms with E-state index < -0.39 is 17.8 Å². The number of amides is 2. The van der Waals surface area contributed by atoms with Crippen LogP contribution in [0.5, 0.6) is 0 Å². The third-order valence-electron chi connectivity index (χ3n) is 1.33. The number of carbonyl (C=O) groups is 3. The lowest BCUT2D eigenvalue weighted by atomic mass is 10.4. The molecule has 1 aliphatic rings. The van der Waals surface area contributed by atoms with Crippen LogP contribution in [-0.4, -0.2) is 33.2 Å². The molecule has 74 valence electrons. The van der Waals surface area contributed by atoms with Crippen LogP contribution in [0, 0.1) is 0 Å². The maximum absolute atomic E-state index is 10.2. The highest BCUT2D eigenvalue weighted by molar-refractivity contribution is 6.00. The average Bonchev–Trinajstić information content (AvgIpc) is 2.37. The van der Waals surface area contributed by atoms with Gasteiger partial charge < -0.3 is 5.11 Å². The van der Waals surface area contributed by atoms with E-state index in [4.69, 9.17) is 10.3 Å². The van der Waals surface area contributed by atoms with E-state index in [-0.39, 0.29) is 24.3 Å². The molecule has 1 fully saturated rings. The van der Waals surface area contributed by atoms with Crippen molar-refractivity contribution in [2.75, 3.05) is 0 Å². The molecule has 0 aliphatic carbocycles. The van der Waals surface area contributed by atoms with Crippen molar-refractivity contribution in [1.82, 2.24) is 5.06 Å². The Bertz CT molecular complexity index is 209. The number of nitrogens with zero attached hydrogens (tertiary/aromatic N) is 1. The van der Waals surface area contributed by atoms with Gasteiger partial charge in [-0.25, -0.2) is 0 Å². The summed E-state index contributed by atoms with van der Waals surface area (Å²) >= 11 is 0. The molecule has 0 radical (unpaired) electrons. The molecule has 13 heavy (non-hydrogen) atoms. The second kappa shape index (κ2) is 5.26. The van der Waals surface area contributed by atoms with Crippen molar-refractivity contribution in [2.45, 2.75) is 26.2 Å². The molecule has 0 atom stereocenters. The van der Waals surface area contributed by atoms with Crippen LogP contribution < -0.4 is 0 Å². The zero-order valence-corrected chi connectivity index (χ0v) is 7.19. The third kappa shape index (κ3) is 4.22. The Balaban J connectivity index is 0.000000252. The third-order valence-corrected chi connectivity index (χ3v) is 1.33. The van der Waals surface area contributed by atoms with E-state index in [1.54, 1.807) is 6.92 Å². The van der Waals surface area contributed by atoms with Gasteiger partial charge in [0.05, 0.1) is 0 Å². The summed E-state index contributed by atoms with van der Waals surface area (Å²) in [5.74, 6) is -1.75. The number of aliphatic carboxylic acids is 1. The summed E-state index contributed by atoms with van der Waals surface area (Å²) in [7, 11) is 0. The molecule has 2 amide bonds. The minimum absolute atomic E-state index is 0.148. The molecule has 0 spiro atoms. The van der Waals surface area contributed by atoms with E-state index in [1.807, 2.05) is 0 Å². The van der Waals surface area contributed by atoms with Crippen molar-refractivity contribution in [2.24, 2.45) is 0 Å². The summed E-state index contributed by atoms with van der Waals surface area (Å²) in [6, 6.07) is 0. The van der Waals surface area contributed by atoms with Crippen LogP contribution in [0.2, 0.25) is 0 Å². The maximum Gasteiger partial charge on any atom is 0.303 e. The molecule has 0 unspecified atom stereocenters. The fourth-order valence-electron chi connectivity index (χ4n) is 0.565. The van der Waals surface area contributed by atoms with Crippen LogP contribution in [0.25, 0.3) is 0 Å². The smallest absolute Gasteiger partial charge is 0.303 e. The fraction of sp³-hybridized carbons (Fsp3) is 0.571. The van der Waals surface area contributed by atoms with Gasteiger partial charge in [0.25, 0.3) is 11.8 Å². The molecule has 1 rings (SSSR count). The van der Waals surface area contributed by atoms with E-state index in [9.17, 15) is 14.4 Å². The fourth-order valence-corrected chi connectivity index (χ4v) is 0.565. The van der Waals surface area contributed by atoms with Crippen LogP contribution in [0.15, 0.2) is 0 Å².